The van der Waals surface area contributed by atoms with Crippen LogP contribution >= 0.6 is 0 Å². The fourth-order valence-corrected chi connectivity index (χ4v) is 11.0. The number of nitrogens with zero attached hydrogens (tertiary/aromatic N) is 3. The summed E-state index contributed by atoms with van der Waals surface area (Å²) in [6, 6.07) is 94.0. The molecule has 0 aliphatic rings. The molecule has 0 radical (unpaired) electrons. The number of aromatic nitrogens is 1. The maximum atomic E-state index is 6.62. The van der Waals surface area contributed by atoms with E-state index in [9.17, 15) is 0 Å². The van der Waals surface area contributed by atoms with Crippen LogP contribution in [0.15, 0.2) is 265 Å². The predicted molar refractivity (Wildman–Crippen MR) is 303 cm³/mol. The first-order valence-electron chi connectivity index (χ1n) is 24.7. The third kappa shape index (κ3) is 7.32. The Morgan fingerprint density at radius 2 is 0.917 bits per heavy atom. The highest BCUT2D eigenvalue weighted by Crippen LogP contribution is 2.50. The first kappa shape index (κ1) is 42.7. The Morgan fingerprint density at radius 1 is 0.361 bits per heavy atom. The Labute approximate surface area is 419 Å². The van der Waals surface area contributed by atoms with Gasteiger partial charge in [0.15, 0.2) is 0 Å². The van der Waals surface area contributed by atoms with Gasteiger partial charge in [0.1, 0.15) is 11.2 Å². The van der Waals surface area contributed by atoms with Crippen molar-refractivity contribution in [2.75, 3.05) is 9.80 Å². The van der Waals surface area contributed by atoms with E-state index in [1.165, 1.54) is 49.6 Å². The monoisotopic (exact) mass is 923 g/mol. The molecule has 0 saturated carbocycles. The van der Waals surface area contributed by atoms with Crippen molar-refractivity contribution in [3.8, 4) is 39.1 Å². The molecule has 0 fully saturated rings. The molecule has 13 rings (SSSR count). The quantitative estimate of drug-likeness (QED) is 0.137. The molecule has 0 amide bonds. The summed E-state index contributed by atoms with van der Waals surface area (Å²) in [6.45, 7) is 4.56. The average molecular weight is 924 g/mol. The molecule has 0 aliphatic heterocycles. The summed E-state index contributed by atoms with van der Waals surface area (Å²) in [4.78, 5) is 4.81. The summed E-state index contributed by atoms with van der Waals surface area (Å²) in [7, 11) is 0. The second-order valence-corrected chi connectivity index (χ2v) is 18.6. The van der Waals surface area contributed by atoms with Gasteiger partial charge in [0.05, 0.1) is 22.1 Å². The molecular weight excluding hydrogens is 875 g/mol. The molecule has 2 heterocycles. The van der Waals surface area contributed by atoms with Crippen molar-refractivity contribution in [1.29, 1.82) is 0 Å². The number of aryl methyl sites for hydroxylation is 1. The maximum absolute atomic E-state index is 6.62. The first-order valence-corrected chi connectivity index (χ1v) is 24.7. The molecule has 0 spiro atoms. The lowest BCUT2D eigenvalue weighted by Crippen LogP contribution is -2.14. The minimum absolute atomic E-state index is 0.838. The Bertz CT molecular complexity index is 4060. The van der Waals surface area contributed by atoms with Crippen LogP contribution in [-0.4, -0.2) is 4.57 Å². The molecule has 0 bridgehead atoms. The Hall–Kier alpha value is -9.38. The normalized spacial score (nSPS) is 11.5. The lowest BCUT2D eigenvalue weighted by atomic mass is 9.88. The molecule has 2 aromatic heterocycles. The standard InChI is InChI=1S/C68H49N3O/c1-46-22-15-16-31-57(46)66-47(2)60(45-61-58-32-17-19-34-62(58)71(68(61)66)53-29-13-6-14-30-53)50-42-55(69(51-25-9-4-10-26-51)52-27-11-5-12-28-52)44-56(43-50)70(54-40-38-49(39-41-54)48-23-7-3-8-24-48)63-35-21-37-65-67(63)59-33-18-20-36-64(59)72-65/h3-45H,1-2H3. The third-order valence-corrected chi connectivity index (χ3v) is 14.3. The minimum Gasteiger partial charge on any atom is -0.456 e. The van der Waals surface area contributed by atoms with E-state index >= 15 is 0 Å². The third-order valence-electron chi connectivity index (χ3n) is 14.3. The van der Waals surface area contributed by atoms with Crippen molar-refractivity contribution in [3.05, 3.63) is 272 Å². The molecule has 0 N–H and O–H groups in total. The van der Waals surface area contributed by atoms with Crippen molar-refractivity contribution in [1.82, 2.24) is 4.57 Å². The number of hydrogen-bond donors (Lipinski definition) is 0. The molecule has 0 atom stereocenters. The molecule has 0 saturated heterocycles. The van der Waals surface area contributed by atoms with Gasteiger partial charge in [0.2, 0.25) is 0 Å². The molecule has 72 heavy (non-hydrogen) atoms. The van der Waals surface area contributed by atoms with Gasteiger partial charge < -0.3 is 18.8 Å². The number of rotatable bonds is 10. The van der Waals surface area contributed by atoms with Gasteiger partial charge in [-0.1, -0.05) is 164 Å². The number of anilines is 6. The zero-order valence-corrected chi connectivity index (χ0v) is 40.1. The van der Waals surface area contributed by atoms with Crippen molar-refractivity contribution in [2.24, 2.45) is 0 Å². The van der Waals surface area contributed by atoms with Gasteiger partial charge in [0.25, 0.3) is 0 Å². The molecule has 0 aliphatic carbocycles. The van der Waals surface area contributed by atoms with E-state index < -0.39 is 0 Å². The van der Waals surface area contributed by atoms with Crippen molar-refractivity contribution in [3.63, 3.8) is 0 Å². The fourth-order valence-electron chi connectivity index (χ4n) is 11.0. The lowest BCUT2D eigenvalue weighted by Gasteiger charge is -2.31. The number of hydrogen-bond acceptors (Lipinski definition) is 3. The number of para-hydroxylation sites is 5. The maximum Gasteiger partial charge on any atom is 0.137 e. The zero-order valence-electron chi connectivity index (χ0n) is 40.1. The van der Waals surface area contributed by atoms with Crippen LogP contribution in [0.5, 0.6) is 0 Å². The van der Waals surface area contributed by atoms with Gasteiger partial charge >= 0.3 is 0 Å². The summed E-state index contributed by atoms with van der Waals surface area (Å²) in [5.74, 6) is 0. The van der Waals surface area contributed by atoms with Crippen LogP contribution in [0.2, 0.25) is 0 Å². The summed E-state index contributed by atoms with van der Waals surface area (Å²) in [5.41, 5.74) is 20.9. The first-order chi connectivity index (χ1) is 35.6. The number of fused-ring (bicyclic) bond motifs is 6. The summed E-state index contributed by atoms with van der Waals surface area (Å²) in [6.07, 6.45) is 0. The van der Waals surface area contributed by atoms with Crippen molar-refractivity contribution < 1.29 is 4.42 Å². The van der Waals surface area contributed by atoms with Crippen LogP contribution in [0.4, 0.5) is 34.1 Å². The second kappa shape index (κ2) is 17.9. The van der Waals surface area contributed by atoms with Gasteiger partial charge in [-0.3, -0.25) is 0 Å². The van der Waals surface area contributed by atoms with E-state index in [1.807, 2.05) is 6.07 Å². The molecular formula is C68H49N3O. The number of benzene rings is 11. The topological polar surface area (TPSA) is 24.6 Å². The molecule has 4 nitrogen and oxygen atoms in total. The van der Waals surface area contributed by atoms with E-state index in [-0.39, 0.29) is 0 Å². The summed E-state index contributed by atoms with van der Waals surface area (Å²) >= 11 is 0. The largest absolute Gasteiger partial charge is 0.456 e. The Kier molecular flexibility index (Phi) is 10.6. The predicted octanol–water partition coefficient (Wildman–Crippen LogP) is 19.2. The van der Waals surface area contributed by atoms with Gasteiger partial charge in [-0.2, -0.15) is 0 Å². The SMILES string of the molecule is Cc1ccccc1-c1c(C)c(-c2cc(N(c3ccccc3)c3ccccc3)cc(N(c3ccc(-c4ccccc4)cc3)c3cccc4oc5ccccc5c34)c2)cc2c3ccccc3n(-c3ccccc3)c12. The van der Waals surface area contributed by atoms with Crippen LogP contribution in [-0.2, 0) is 0 Å². The van der Waals surface area contributed by atoms with E-state index in [4.69, 9.17) is 4.42 Å². The fraction of sp³-hybridized carbons (Fsp3) is 0.0294. The van der Waals surface area contributed by atoms with E-state index in [0.717, 1.165) is 78.4 Å². The van der Waals surface area contributed by atoms with Gasteiger partial charge in [-0.15, -0.1) is 0 Å². The van der Waals surface area contributed by atoms with Crippen LogP contribution in [0.3, 0.4) is 0 Å². The lowest BCUT2D eigenvalue weighted by molar-refractivity contribution is 0.669. The van der Waals surface area contributed by atoms with Crippen molar-refractivity contribution in [2.45, 2.75) is 13.8 Å². The average Bonchev–Trinajstić information content (AvgIpc) is 3.99. The van der Waals surface area contributed by atoms with Gasteiger partial charge in [-0.25, -0.2) is 0 Å². The van der Waals surface area contributed by atoms with E-state index in [2.05, 4.69) is 283 Å². The molecule has 11 aromatic carbocycles. The molecule has 4 heteroatoms. The summed E-state index contributed by atoms with van der Waals surface area (Å²) < 4.78 is 9.08. The van der Waals surface area contributed by atoms with E-state index in [0.29, 0.717) is 0 Å². The number of furan rings is 1. The molecule has 0 unspecified atom stereocenters. The van der Waals surface area contributed by atoms with Crippen LogP contribution in [0.1, 0.15) is 11.1 Å². The Morgan fingerprint density at radius 3 is 1.62 bits per heavy atom. The minimum atomic E-state index is 0.838. The highest BCUT2D eigenvalue weighted by Gasteiger charge is 2.26. The zero-order chi connectivity index (χ0) is 48.1. The summed E-state index contributed by atoms with van der Waals surface area (Å²) in [5, 5.41) is 4.53. The molecule has 13 aromatic rings. The molecule has 342 valence electrons. The smallest absolute Gasteiger partial charge is 0.137 e. The van der Waals surface area contributed by atoms with Gasteiger partial charge in [0, 0.05) is 55.8 Å². The van der Waals surface area contributed by atoms with Crippen LogP contribution in [0, 0.1) is 13.8 Å². The Balaban J connectivity index is 1.15. The van der Waals surface area contributed by atoms with Crippen LogP contribution < -0.4 is 9.80 Å². The highest BCUT2D eigenvalue weighted by molar-refractivity contribution is 6.17. The van der Waals surface area contributed by atoms with Gasteiger partial charge in [-0.05, 0) is 150 Å². The second-order valence-electron chi connectivity index (χ2n) is 18.6. The van der Waals surface area contributed by atoms with E-state index in [1.54, 1.807) is 0 Å². The highest BCUT2D eigenvalue weighted by atomic mass is 16.3. The van der Waals surface area contributed by atoms with Crippen molar-refractivity contribution >= 4 is 77.9 Å². The van der Waals surface area contributed by atoms with Crippen LogP contribution in [0.25, 0.3) is 82.8 Å².